The van der Waals surface area contributed by atoms with Crippen LogP contribution in [0.4, 0.5) is 9.18 Å². The van der Waals surface area contributed by atoms with E-state index >= 15 is 0 Å². The van der Waals surface area contributed by atoms with Gasteiger partial charge in [0.2, 0.25) is 0 Å². The third-order valence-corrected chi connectivity index (χ3v) is 6.90. The molecule has 1 aliphatic heterocycles. The van der Waals surface area contributed by atoms with Crippen molar-refractivity contribution in [3.8, 4) is 11.4 Å². The minimum Gasteiger partial charge on any atom is -0.494 e. The molecule has 2 aliphatic rings. The van der Waals surface area contributed by atoms with Gasteiger partial charge in [-0.05, 0) is 63.4 Å². The summed E-state index contributed by atoms with van der Waals surface area (Å²) < 4.78 is 21.1. The largest absolute Gasteiger partial charge is 0.494 e. The number of nitrogens with zero attached hydrogens (tertiary/aromatic N) is 4. The number of urea groups is 1. The van der Waals surface area contributed by atoms with Crippen molar-refractivity contribution in [3.05, 3.63) is 76.9 Å². The normalized spacial score (nSPS) is 15.8. The van der Waals surface area contributed by atoms with Crippen molar-refractivity contribution in [3.63, 3.8) is 0 Å². The van der Waals surface area contributed by atoms with E-state index in [-0.39, 0.29) is 23.4 Å². The topological polar surface area (TPSA) is 62.6 Å². The number of carbonyl (C=O) groups excluding carboxylic acids is 1. The number of hydrogen-bond acceptors (Lipinski definition) is 4. The lowest BCUT2D eigenvalue weighted by molar-refractivity contribution is 0.181. The van der Waals surface area contributed by atoms with Crippen LogP contribution >= 0.6 is 0 Å². The number of nitrogens with one attached hydrogen (secondary N) is 1. The highest BCUT2D eigenvalue weighted by molar-refractivity contribution is 5.75. The Morgan fingerprint density at radius 3 is 2.57 bits per heavy atom. The molecule has 7 nitrogen and oxygen atoms in total. The summed E-state index contributed by atoms with van der Waals surface area (Å²) in [5.41, 5.74) is 4.90. The summed E-state index contributed by atoms with van der Waals surface area (Å²) in [5, 5.41) is 8.23. The highest BCUT2D eigenvalue weighted by atomic mass is 19.1. The summed E-state index contributed by atoms with van der Waals surface area (Å²) in [6, 6.07) is 14.8. The van der Waals surface area contributed by atoms with Crippen molar-refractivity contribution in [1.82, 2.24) is 24.9 Å². The lowest BCUT2D eigenvalue weighted by Gasteiger charge is -2.30. The van der Waals surface area contributed by atoms with Crippen molar-refractivity contribution in [1.29, 1.82) is 0 Å². The Bertz CT molecular complexity index is 1260. The van der Waals surface area contributed by atoms with E-state index in [0.29, 0.717) is 6.54 Å². The van der Waals surface area contributed by atoms with Crippen LogP contribution in [0.2, 0.25) is 0 Å². The molecule has 1 aromatic heterocycles. The van der Waals surface area contributed by atoms with Gasteiger partial charge in [0.25, 0.3) is 0 Å². The van der Waals surface area contributed by atoms with Gasteiger partial charge < -0.3 is 15.0 Å². The number of fused-ring (bicyclic) bond motifs is 1. The van der Waals surface area contributed by atoms with Crippen LogP contribution in [0.15, 0.2) is 48.5 Å². The van der Waals surface area contributed by atoms with E-state index in [4.69, 9.17) is 9.84 Å². The van der Waals surface area contributed by atoms with Crippen molar-refractivity contribution >= 4 is 6.03 Å². The van der Waals surface area contributed by atoms with Gasteiger partial charge in [-0.25, -0.2) is 13.9 Å². The predicted octanol–water partition coefficient (Wildman–Crippen LogP) is 5.05. The van der Waals surface area contributed by atoms with Gasteiger partial charge in [-0.1, -0.05) is 24.3 Å². The average Bonchev–Trinajstić information content (AvgIpc) is 3.64. The molecular formula is C29H36FN5O2. The van der Waals surface area contributed by atoms with Gasteiger partial charge in [-0.15, -0.1) is 0 Å². The molecule has 37 heavy (non-hydrogen) atoms. The Balaban J connectivity index is 1.48. The summed E-state index contributed by atoms with van der Waals surface area (Å²) in [5.74, 6) is 0.538. The number of carbonyl (C=O) groups is 1. The van der Waals surface area contributed by atoms with E-state index in [2.05, 4.69) is 10.2 Å². The molecule has 1 fully saturated rings. The lowest BCUT2D eigenvalue weighted by atomic mass is 10.0. The number of amides is 2. The Morgan fingerprint density at radius 1 is 1.16 bits per heavy atom. The number of halogens is 1. The molecule has 2 amide bonds. The Hall–Kier alpha value is -3.39. The fraction of sp³-hybridized carbons (Fsp3) is 0.448. The van der Waals surface area contributed by atoms with Crippen molar-refractivity contribution in [2.24, 2.45) is 0 Å². The third-order valence-electron chi connectivity index (χ3n) is 6.90. The summed E-state index contributed by atoms with van der Waals surface area (Å²) in [6.45, 7) is 8.78. The molecule has 5 rings (SSSR count). The summed E-state index contributed by atoms with van der Waals surface area (Å²) >= 11 is 0. The van der Waals surface area contributed by atoms with Gasteiger partial charge in [-0.2, -0.15) is 5.10 Å². The zero-order chi connectivity index (χ0) is 26.2. The number of methoxy groups -OCH3 is 1. The molecule has 1 saturated carbocycles. The van der Waals surface area contributed by atoms with E-state index < -0.39 is 0 Å². The fourth-order valence-corrected chi connectivity index (χ4v) is 4.96. The van der Waals surface area contributed by atoms with Gasteiger partial charge in [0, 0.05) is 43.2 Å². The first kappa shape index (κ1) is 25.3. The highest BCUT2D eigenvalue weighted by Gasteiger charge is 2.36. The van der Waals surface area contributed by atoms with Crippen LogP contribution in [0, 0.1) is 5.82 Å². The molecule has 0 unspecified atom stereocenters. The van der Waals surface area contributed by atoms with Crippen LogP contribution < -0.4 is 10.1 Å². The number of aromatic nitrogens is 2. The summed E-state index contributed by atoms with van der Waals surface area (Å²) in [7, 11) is 1.67. The van der Waals surface area contributed by atoms with Gasteiger partial charge in [0.05, 0.1) is 25.0 Å². The zero-order valence-corrected chi connectivity index (χ0v) is 22.1. The maximum absolute atomic E-state index is 13.4. The van der Waals surface area contributed by atoms with Crippen molar-refractivity contribution < 1.29 is 13.9 Å². The molecule has 0 saturated heterocycles. The van der Waals surface area contributed by atoms with Crippen LogP contribution in [0.3, 0.4) is 0 Å². The standard InChI is InChI=1S/C29H36FN5O2/c1-29(2,3)31-28(36)34(22-13-14-22)19-24-23-18-33(17-20-9-11-21(30)12-10-20)16-15-25(23)35(32-24)26-7-5-6-8-27(26)37-4/h5-12,22H,13-19H2,1-4H3,(H,31,36). The van der Waals surface area contributed by atoms with Crippen LogP contribution in [0.25, 0.3) is 5.69 Å². The van der Waals surface area contributed by atoms with Crippen LogP contribution in [0.5, 0.6) is 5.75 Å². The molecule has 0 radical (unpaired) electrons. The maximum atomic E-state index is 13.4. The third kappa shape index (κ3) is 5.80. The van der Waals surface area contributed by atoms with E-state index in [1.807, 2.05) is 66.8 Å². The van der Waals surface area contributed by atoms with Gasteiger partial charge in [0.15, 0.2) is 0 Å². The maximum Gasteiger partial charge on any atom is 0.318 e. The molecule has 1 aliphatic carbocycles. The van der Waals surface area contributed by atoms with E-state index in [1.165, 1.54) is 12.1 Å². The van der Waals surface area contributed by atoms with Crippen LogP contribution in [-0.4, -0.2) is 50.8 Å². The van der Waals surface area contributed by atoms with E-state index in [0.717, 1.165) is 72.8 Å². The zero-order valence-electron chi connectivity index (χ0n) is 22.1. The Morgan fingerprint density at radius 2 is 1.89 bits per heavy atom. The molecule has 196 valence electrons. The molecule has 2 heterocycles. The van der Waals surface area contributed by atoms with Crippen LogP contribution in [-0.2, 0) is 26.1 Å². The minimum absolute atomic E-state index is 0.0467. The minimum atomic E-state index is -0.313. The second kappa shape index (κ2) is 10.2. The van der Waals surface area contributed by atoms with Crippen LogP contribution in [0.1, 0.15) is 56.1 Å². The summed E-state index contributed by atoms with van der Waals surface area (Å²) in [4.78, 5) is 17.6. The quantitative estimate of drug-likeness (QED) is 0.488. The first-order chi connectivity index (χ1) is 17.7. The average molecular weight is 506 g/mol. The molecule has 1 N–H and O–H groups in total. The first-order valence-corrected chi connectivity index (χ1v) is 13.0. The number of benzene rings is 2. The monoisotopic (exact) mass is 505 g/mol. The van der Waals surface area contributed by atoms with Gasteiger partial charge in [-0.3, -0.25) is 4.90 Å². The second-order valence-electron chi connectivity index (χ2n) is 11.1. The first-order valence-electron chi connectivity index (χ1n) is 13.0. The molecule has 0 spiro atoms. The SMILES string of the molecule is COc1ccccc1-n1nc(CN(C(=O)NC(C)(C)C)C2CC2)c2c1CCN(Cc1ccc(F)cc1)C2. The second-order valence-corrected chi connectivity index (χ2v) is 11.1. The fourth-order valence-electron chi connectivity index (χ4n) is 4.96. The Kier molecular flexibility index (Phi) is 6.94. The molecule has 8 heteroatoms. The molecule has 3 aromatic rings. The van der Waals surface area contributed by atoms with E-state index in [1.54, 1.807) is 7.11 Å². The van der Waals surface area contributed by atoms with Crippen molar-refractivity contribution in [2.75, 3.05) is 13.7 Å². The smallest absolute Gasteiger partial charge is 0.318 e. The molecular weight excluding hydrogens is 469 g/mol. The molecule has 0 bridgehead atoms. The molecule has 0 atom stereocenters. The summed E-state index contributed by atoms with van der Waals surface area (Å²) in [6.07, 6.45) is 2.85. The highest BCUT2D eigenvalue weighted by Crippen LogP contribution is 2.33. The van der Waals surface area contributed by atoms with Gasteiger partial charge in [0.1, 0.15) is 17.3 Å². The van der Waals surface area contributed by atoms with Gasteiger partial charge >= 0.3 is 6.03 Å². The number of para-hydroxylation sites is 2. The van der Waals surface area contributed by atoms with Crippen molar-refractivity contribution in [2.45, 2.75) is 71.2 Å². The molecule has 2 aromatic carbocycles. The number of ether oxygens (including phenoxy) is 1. The Labute approximate surface area is 218 Å². The number of hydrogen-bond donors (Lipinski definition) is 1. The predicted molar refractivity (Wildman–Crippen MR) is 141 cm³/mol. The lowest BCUT2D eigenvalue weighted by Crippen LogP contribution is -2.49. The number of rotatable bonds is 7. The van der Waals surface area contributed by atoms with E-state index in [9.17, 15) is 9.18 Å².